The van der Waals surface area contributed by atoms with Crippen LogP contribution in [0.1, 0.15) is 40.4 Å². The van der Waals surface area contributed by atoms with Crippen LogP contribution in [0.15, 0.2) is 78.5 Å². The van der Waals surface area contributed by atoms with Crippen LogP contribution in [0.3, 0.4) is 0 Å². The highest BCUT2D eigenvalue weighted by molar-refractivity contribution is 6.05. The Hall–Kier alpha value is -4.10. The normalized spacial score (nSPS) is 20.5. The molecule has 7 heteroatoms. The second-order valence-electron chi connectivity index (χ2n) is 9.19. The summed E-state index contributed by atoms with van der Waals surface area (Å²) in [5.74, 6) is -1.33. The van der Waals surface area contributed by atoms with Crippen molar-refractivity contribution in [3.8, 4) is 0 Å². The Kier molecular flexibility index (Phi) is 6.48. The molecular formula is C29H27N3O4. The number of nitrogens with two attached hydrogens (primary N) is 1. The van der Waals surface area contributed by atoms with Crippen molar-refractivity contribution < 1.29 is 19.1 Å². The first-order valence-corrected chi connectivity index (χ1v) is 12.0. The van der Waals surface area contributed by atoms with Crippen molar-refractivity contribution in [2.75, 3.05) is 13.7 Å². The SMILES string of the molecule is COC(=O)c1ccc(/C=C(\CN2C(=O)C3CC=CCC3C2=O)C(N)c2cnc3ccccc3c2)cc1. The first kappa shape index (κ1) is 23.6. The van der Waals surface area contributed by atoms with Crippen molar-refractivity contribution >= 4 is 34.8 Å². The highest BCUT2D eigenvalue weighted by Crippen LogP contribution is 2.36. The van der Waals surface area contributed by atoms with E-state index in [1.807, 2.05) is 48.6 Å². The molecule has 0 saturated carbocycles. The Labute approximate surface area is 209 Å². The number of ether oxygens (including phenoxy) is 1. The lowest BCUT2D eigenvalue weighted by Gasteiger charge is -2.22. The Morgan fingerprint density at radius 2 is 1.75 bits per heavy atom. The molecule has 3 aromatic rings. The molecule has 36 heavy (non-hydrogen) atoms. The van der Waals surface area contributed by atoms with E-state index >= 15 is 0 Å². The topological polar surface area (TPSA) is 103 Å². The van der Waals surface area contributed by atoms with Crippen LogP contribution in [0.2, 0.25) is 0 Å². The summed E-state index contributed by atoms with van der Waals surface area (Å²) < 4.78 is 4.78. The van der Waals surface area contributed by atoms with Gasteiger partial charge in [0, 0.05) is 11.6 Å². The molecule has 3 unspecified atom stereocenters. The molecule has 1 fully saturated rings. The number of carbonyl (C=O) groups is 3. The van der Waals surface area contributed by atoms with Gasteiger partial charge in [-0.25, -0.2) is 4.79 Å². The molecule has 1 aliphatic heterocycles. The standard InChI is InChI=1S/C29H27N3O4/c1-36-29(35)19-12-10-18(11-13-19)14-22(17-32-27(33)23-7-3-4-8-24(23)28(32)34)26(30)21-15-20-6-2-5-9-25(20)31-16-21/h2-6,9-16,23-24,26H,7-8,17,30H2,1H3/b22-14+. The third-order valence-corrected chi connectivity index (χ3v) is 6.99. The predicted molar refractivity (Wildman–Crippen MR) is 137 cm³/mol. The minimum Gasteiger partial charge on any atom is -0.465 e. The predicted octanol–water partition coefficient (Wildman–Crippen LogP) is 4.06. The van der Waals surface area contributed by atoms with E-state index in [-0.39, 0.29) is 30.2 Å². The Bertz CT molecular complexity index is 1370. The van der Waals surface area contributed by atoms with Crippen molar-refractivity contribution in [3.63, 3.8) is 0 Å². The Morgan fingerprint density at radius 3 is 2.42 bits per heavy atom. The monoisotopic (exact) mass is 481 g/mol. The number of allylic oxidation sites excluding steroid dienone is 2. The number of rotatable bonds is 6. The Balaban J connectivity index is 1.50. The van der Waals surface area contributed by atoms with Gasteiger partial charge in [0.15, 0.2) is 0 Å². The van der Waals surface area contributed by atoms with Gasteiger partial charge in [0.1, 0.15) is 0 Å². The van der Waals surface area contributed by atoms with Crippen LogP contribution in [0.5, 0.6) is 0 Å². The summed E-state index contributed by atoms with van der Waals surface area (Å²) in [4.78, 5) is 44.0. The van der Waals surface area contributed by atoms with Gasteiger partial charge in [-0.3, -0.25) is 19.5 Å². The third-order valence-electron chi connectivity index (χ3n) is 6.99. The van der Waals surface area contributed by atoms with Crippen LogP contribution < -0.4 is 5.73 Å². The molecule has 2 amide bonds. The third kappa shape index (κ3) is 4.45. The van der Waals surface area contributed by atoms with Gasteiger partial charge < -0.3 is 10.5 Å². The van der Waals surface area contributed by atoms with Crippen LogP contribution in [-0.2, 0) is 14.3 Å². The quantitative estimate of drug-likeness (QED) is 0.324. The van der Waals surface area contributed by atoms with Crippen LogP contribution in [-0.4, -0.2) is 41.3 Å². The number of likely N-dealkylation sites (tertiary alicyclic amines) is 1. The van der Waals surface area contributed by atoms with Gasteiger partial charge in [-0.05, 0) is 53.8 Å². The molecule has 0 spiro atoms. The van der Waals surface area contributed by atoms with Gasteiger partial charge in [0.2, 0.25) is 11.8 Å². The lowest BCUT2D eigenvalue weighted by atomic mass is 9.85. The number of hydrogen-bond acceptors (Lipinski definition) is 6. The van der Waals surface area contributed by atoms with Crippen molar-refractivity contribution in [2.45, 2.75) is 18.9 Å². The van der Waals surface area contributed by atoms with E-state index in [9.17, 15) is 14.4 Å². The van der Waals surface area contributed by atoms with Gasteiger partial charge in [-0.1, -0.05) is 48.6 Å². The minimum atomic E-state index is -0.594. The second kappa shape index (κ2) is 9.87. The molecule has 5 rings (SSSR count). The van der Waals surface area contributed by atoms with E-state index in [0.717, 1.165) is 22.0 Å². The van der Waals surface area contributed by atoms with Crippen molar-refractivity contribution in [1.29, 1.82) is 0 Å². The molecule has 7 nitrogen and oxygen atoms in total. The molecule has 2 N–H and O–H groups in total. The molecule has 0 bridgehead atoms. The lowest BCUT2D eigenvalue weighted by molar-refractivity contribution is -0.139. The fraction of sp³-hybridized carbons (Fsp3) is 0.241. The number of fused-ring (bicyclic) bond motifs is 2. The molecule has 2 heterocycles. The second-order valence-corrected chi connectivity index (χ2v) is 9.19. The number of hydrogen-bond donors (Lipinski definition) is 1. The van der Waals surface area contributed by atoms with Crippen LogP contribution in [0, 0.1) is 11.8 Å². The molecule has 182 valence electrons. The van der Waals surface area contributed by atoms with E-state index in [4.69, 9.17) is 10.5 Å². The average Bonchev–Trinajstić information content (AvgIpc) is 3.16. The van der Waals surface area contributed by atoms with Crippen molar-refractivity contribution in [3.05, 3.63) is 95.2 Å². The molecular weight excluding hydrogens is 454 g/mol. The number of carbonyl (C=O) groups excluding carboxylic acids is 3. The van der Waals surface area contributed by atoms with Crippen molar-refractivity contribution in [2.24, 2.45) is 17.6 Å². The fourth-order valence-corrected chi connectivity index (χ4v) is 4.96. The zero-order chi connectivity index (χ0) is 25.2. The van der Waals surface area contributed by atoms with Gasteiger partial charge in [0.05, 0.1) is 42.6 Å². The molecule has 2 aliphatic rings. The number of aromatic nitrogens is 1. The number of pyridine rings is 1. The number of benzene rings is 2. The number of para-hydroxylation sites is 1. The van der Waals surface area contributed by atoms with Gasteiger partial charge in [-0.15, -0.1) is 0 Å². The first-order chi connectivity index (χ1) is 17.5. The van der Waals surface area contributed by atoms with Gasteiger partial charge in [-0.2, -0.15) is 0 Å². The lowest BCUT2D eigenvalue weighted by Crippen LogP contribution is -2.35. The van der Waals surface area contributed by atoms with Crippen LogP contribution in [0.25, 0.3) is 17.0 Å². The fourth-order valence-electron chi connectivity index (χ4n) is 4.96. The summed E-state index contributed by atoms with van der Waals surface area (Å²) in [6.45, 7) is 0.0947. The molecule has 1 aromatic heterocycles. The maximum atomic E-state index is 13.2. The molecule has 1 aliphatic carbocycles. The number of nitrogens with zero attached hydrogens (tertiary/aromatic N) is 2. The zero-order valence-electron chi connectivity index (χ0n) is 20.0. The maximum absolute atomic E-state index is 13.2. The Morgan fingerprint density at radius 1 is 1.08 bits per heavy atom. The van der Waals surface area contributed by atoms with E-state index in [1.165, 1.54) is 12.0 Å². The summed E-state index contributed by atoms with van der Waals surface area (Å²) >= 11 is 0. The largest absolute Gasteiger partial charge is 0.465 e. The van der Waals surface area contributed by atoms with E-state index in [2.05, 4.69) is 4.98 Å². The summed E-state index contributed by atoms with van der Waals surface area (Å²) in [5.41, 5.74) is 10.3. The maximum Gasteiger partial charge on any atom is 0.337 e. The van der Waals surface area contributed by atoms with E-state index in [0.29, 0.717) is 24.0 Å². The summed E-state index contributed by atoms with van der Waals surface area (Å²) in [5, 5.41) is 0.956. The summed E-state index contributed by atoms with van der Waals surface area (Å²) in [6, 6.07) is 16.1. The number of amides is 2. The number of esters is 1. The number of imide groups is 1. The highest BCUT2D eigenvalue weighted by Gasteiger charge is 2.47. The molecule has 1 saturated heterocycles. The highest BCUT2D eigenvalue weighted by atomic mass is 16.5. The van der Waals surface area contributed by atoms with Crippen LogP contribution >= 0.6 is 0 Å². The van der Waals surface area contributed by atoms with Crippen molar-refractivity contribution in [1.82, 2.24) is 9.88 Å². The van der Waals surface area contributed by atoms with Crippen LogP contribution in [0.4, 0.5) is 0 Å². The number of methoxy groups -OCH3 is 1. The van der Waals surface area contributed by atoms with Gasteiger partial charge in [0.25, 0.3) is 0 Å². The first-order valence-electron chi connectivity index (χ1n) is 12.0. The molecule has 0 radical (unpaired) electrons. The summed E-state index contributed by atoms with van der Waals surface area (Å²) in [6.07, 6.45) is 8.73. The van der Waals surface area contributed by atoms with E-state index in [1.54, 1.807) is 30.5 Å². The smallest absolute Gasteiger partial charge is 0.337 e. The van der Waals surface area contributed by atoms with E-state index < -0.39 is 12.0 Å². The average molecular weight is 482 g/mol. The van der Waals surface area contributed by atoms with Gasteiger partial charge >= 0.3 is 5.97 Å². The minimum absolute atomic E-state index is 0.0947. The zero-order valence-corrected chi connectivity index (χ0v) is 20.0. The molecule has 2 aromatic carbocycles. The summed E-state index contributed by atoms with van der Waals surface area (Å²) in [7, 11) is 1.34. The molecule has 3 atom stereocenters.